The molecule has 0 aromatic heterocycles. The molecule has 2 bridgehead atoms. The molecule has 2 aromatic carbocycles. The van der Waals surface area contributed by atoms with Crippen LogP contribution in [0.1, 0.15) is 47.4 Å². The van der Waals surface area contributed by atoms with Crippen molar-refractivity contribution in [2.24, 2.45) is 5.41 Å². The van der Waals surface area contributed by atoms with Crippen LogP contribution in [-0.2, 0) is 14.7 Å². The summed E-state index contributed by atoms with van der Waals surface area (Å²) in [6.07, 6.45) is 0.572. The highest BCUT2D eigenvalue weighted by molar-refractivity contribution is 5.81. The Bertz CT molecular complexity index is 819. The lowest BCUT2D eigenvalue weighted by Crippen LogP contribution is -2.44. The Balaban J connectivity index is 1.95. The standard InChI is InChI=1S/C19H19NO4/c1-19(18(21)22)10-14-11-6-3-4-7-12(11)17(19)13-8-5-9-15(16(13)14)20-24-23-2/h3-9,14,17,20H,10H2,1-2H3,(H,21,22). The van der Waals surface area contributed by atoms with Crippen molar-refractivity contribution >= 4 is 11.7 Å². The van der Waals surface area contributed by atoms with E-state index in [1.165, 1.54) is 12.7 Å². The summed E-state index contributed by atoms with van der Waals surface area (Å²) < 4.78 is 0. The van der Waals surface area contributed by atoms with E-state index in [1.807, 2.05) is 37.3 Å². The third kappa shape index (κ3) is 1.92. The van der Waals surface area contributed by atoms with E-state index in [-0.39, 0.29) is 11.8 Å². The van der Waals surface area contributed by atoms with E-state index in [2.05, 4.69) is 22.5 Å². The van der Waals surface area contributed by atoms with E-state index < -0.39 is 11.4 Å². The van der Waals surface area contributed by atoms with E-state index in [4.69, 9.17) is 4.99 Å². The van der Waals surface area contributed by atoms with Gasteiger partial charge in [0.1, 0.15) is 0 Å². The first-order valence-electron chi connectivity index (χ1n) is 7.98. The fourth-order valence-electron chi connectivity index (χ4n) is 4.46. The molecule has 2 aromatic rings. The third-order valence-electron chi connectivity index (χ3n) is 5.47. The van der Waals surface area contributed by atoms with E-state index in [0.29, 0.717) is 6.42 Å². The summed E-state index contributed by atoms with van der Waals surface area (Å²) in [5, 5.41) is 9.92. The summed E-state index contributed by atoms with van der Waals surface area (Å²) in [6.45, 7) is 1.86. The molecule has 2 N–H and O–H groups in total. The smallest absolute Gasteiger partial charge is 0.310 e. The Labute approximate surface area is 140 Å². The van der Waals surface area contributed by atoms with Gasteiger partial charge < -0.3 is 5.11 Å². The summed E-state index contributed by atoms with van der Waals surface area (Å²) in [5.74, 6) is -0.897. The first-order chi connectivity index (χ1) is 11.6. The molecule has 3 aliphatic carbocycles. The van der Waals surface area contributed by atoms with Crippen molar-refractivity contribution in [1.82, 2.24) is 0 Å². The van der Waals surface area contributed by atoms with Crippen LogP contribution in [-0.4, -0.2) is 18.2 Å². The summed E-state index contributed by atoms with van der Waals surface area (Å²) in [4.78, 5) is 21.7. The van der Waals surface area contributed by atoms with Crippen molar-refractivity contribution in [1.29, 1.82) is 0 Å². The maximum absolute atomic E-state index is 12.1. The lowest BCUT2D eigenvalue weighted by atomic mass is 9.52. The number of carboxylic acids is 1. The predicted molar refractivity (Wildman–Crippen MR) is 88.6 cm³/mol. The zero-order chi connectivity index (χ0) is 16.9. The molecule has 24 heavy (non-hydrogen) atoms. The van der Waals surface area contributed by atoms with Crippen LogP contribution in [0.2, 0.25) is 0 Å². The van der Waals surface area contributed by atoms with Crippen molar-refractivity contribution < 1.29 is 19.8 Å². The molecular formula is C19H19NO4. The monoisotopic (exact) mass is 325 g/mol. The van der Waals surface area contributed by atoms with Gasteiger partial charge in [-0.1, -0.05) is 36.4 Å². The van der Waals surface area contributed by atoms with E-state index in [1.54, 1.807) is 0 Å². The number of rotatable bonds is 4. The van der Waals surface area contributed by atoms with Gasteiger partial charge in [0.15, 0.2) is 0 Å². The van der Waals surface area contributed by atoms with Crippen LogP contribution < -0.4 is 5.48 Å². The van der Waals surface area contributed by atoms with Gasteiger partial charge in [0.05, 0.1) is 18.2 Å². The Morgan fingerprint density at radius 2 is 1.88 bits per heavy atom. The Kier molecular flexibility index (Phi) is 3.37. The second kappa shape index (κ2) is 5.33. The van der Waals surface area contributed by atoms with Gasteiger partial charge in [-0.3, -0.25) is 4.79 Å². The molecule has 5 rings (SSSR count). The van der Waals surface area contributed by atoms with Crippen LogP contribution in [0.3, 0.4) is 0 Å². The van der Waals surface area contributed by atoms with E-state index >= 15 is 0 Å². The molecule has 0 saturated heterocycles. The summed E-state index contributed by atoms with van der Waals surface area (Å²) in [7, 11) is 1.44. The number of benzene rings is 2. The summed E-state index contributed by atoms with van der Waals surface area (Å²) in [5.41, 5.74) is 7.33. The molecule has 0 spiro atoms. The van der Waals surface area contributed by atoms with Crippen LogP contribution >= 0.6 is 0 Å². The number of nitrogens with one attached hydrogen (secondary N) is 1. The first kappa shape index (κ1) is 15.2. The Hall–Kier alpha value is -2.37. The van der Waals surface area contributed by atoms with Gasteiger partial charge in [-0.25, -0.2) is 10.4 Å². The molecule has 3 unspecified atom stereocenters. The molecule has 3 aliphatic rings. The van der Waals surface area contributed by atoms with Gasteiger partial charge in [0.2, 0.25) is 0 Å². The zero-order valence-electron chi connectivity index (χ0n) is 13.6. The molecule has 3 atom stereocenters. The molecule has 0 fully saturated rings. The zero-order valence-corrected chi connectivity index (χ0v) is 13.6. The maximum atomic E-state index is 12.1. The van der Waals surface area contributed by atoms with Crippen molar-refractivity contribution in [3.63, 3.8) is 0 Å². The number of hydrogen-bond acceptors (Lipinski definition) is 4. The molecule has 0 amide bonds. The lowest BCUT2D eigenvalue weighted by Gasteiger charge is -2.50. The number of carbonyl (C=O) groups is 1. The third-order valence-corrected chi connectivity index (χ3v) is 5.47. The quantitative estimate of drug-likeness (QED) is 0.663. The van der Waals surface area contributed by atoms with Gasteiger partial charge in [-0.2, -0.15) is 0 Å². The summed E-state index contributed by atoms with van der Waals surface area (Å²) >= 11 is 0. The molecule has 5 heteroatoms. The molecule has 124 valence electrons. The molecule has 0 radical (unpaired) electrons. The second-order valence-electron chi connectivity index (χ2n) is 6.70. The molecular weight excluding hydrogens is 306 g/mol. The average Bonchev–Trinajstić information content (AvgIpc) is 2.59. The van der Waals surface area contributed by atoms with Crippen LogP contribution in [0.5, 0.6) is 0 Å². The van der Waals surface area contributed by atoms with Crippen LogP contribution in [0.15, 0.2) is 42.5 Å². The number of carboxylic acid groups (broad SMARTS) is 1. The maximum Gasteiger partial charge on any atom is 0.310 e. The van der Waals surface area contributed by atoms with Crippen molar-refractivity contribution in [2.45, 2.75) is 25.2 Å². The van der Waals surface area contributed by atoms with Gasteiger partial charge in [-0.05, 0) is 41.7 Å². The van der Waals surface area contributed by atoms with Crippen LogP contribution in [0, 0.1) is 5.41 Å². The minimum absolute atomic E-state index is 0.0199. The fraction of sp³-hybridized carbons (Fsp3) is 0.316. The molecule has 0 heterocycles. The molecule has 5 nitrogen and oxygen atoms in total. The largest absolute Gasteiger partial charge is 0.481 e. The normalized spacial score (nSPS) is 26.6. The number of hydrogen-bond donors (Lipinski definition) is 2. The second-order valence-corrected chi connectivity index (χ2v) is 6.70. The van der Waals surface area contributed by atoms with E-state index in [9.17, 15) is 9.90 Å². The van der Waals surface area contributed by atoms with E-state index in [0.717, 1.165) is 22.4 Å². The summed E-state index contributed by atoms with van der Waals surface area (Å²) in [6, 6.07) is 14.0. The number of anilines is 1. The number of fused-ring (bicyclic) bond motifs is 1. The minimum Gasteiger partial charge on any atom is -0.481 e. The highest BCUT2D eigenvalue weighted by atomic mass is 17.3. The first-order valence-corrected chi connectivity index (χ1v) is 7.98. The fourth-order valence-corrected chi connectivity index (χ4v) is 4.46. The van der Waals surface area contributed by atoms with Crippen molar-refractivity contribution in [2.75, 3.05) is 12.6 Å². The minimum atomic E-state index is -0.813. The lowest BCUT2D eigenvalue weighted by molar-refractivity contribution is -0.248. The Morgan fingerprint density at radius 3 is 2.58 bits per heavy atom. The average molecular weight is 325 g/mol. The van der Waals surface area contributed by atoms with Gasteiger partial charge in [0, 0.05) is 11.8 Å². The van der Waals surface area contributed by atoms with Crippen molar-refractivity contribution in [3.05, 3.63) is 64.7 Å². The molecule has 0 saturated carbocycles. The van der Waals surface area contributed by atoms with Crippen LogP contribution in [0.4, 0.5) is 5.69 Å². The van der Waals surface area contributed by atoms with Gasteiger partial charge in [-0.15, -0.1) is 4.99 Å². The Morgan fingerprint density at radius 1 is 1.17 bits per heavy atom. The topological polar surface area (TPSA) is 67.8 Å². The van der Waals surface area contributed by atoms with Crippen molar-refractivity contribution in [3.8, 4) is 0 Å². The number of aliphatic carboxylic acids is 1. The highest BCUT2D eigenvalue weighted by Gasteiger charge is 2.54. The molecule has 0 aliphatic heterocycles. The van der Waals surface area contributed by atoms with Gasteiger partial charge >= 0.3 is 5.97 Å². The van der Waals surface area contributed by atoms with Crippen LogP contribution in [0.25, 0.3) is 0 Å². The van der Waals surface area contributed by atoms with Gasteiger partial charge in [0.25, 0.3) is 0 Å². The SMILES string of the molecule is COONc1cccc2c1C1CC(C)(C(=O)O)C2c2ccccc21. The predicted octanol–water partition coefficient (Wildman–Crippen LogP) is 3.66. The highest BCUT2D eigenvalue weighted by Crippen LogP contribution is 2.62.